The molecule has 0 bridgehead atoms. The summed E-state index contributed by atoms with van der Waals surface area (Å²) in [5.74, 6) is 0.0182. The average molecular weight is 339 g/mol. The summed E-state index contributed by atoms with van der Waals surface area (Å²) >= 11 is 3.40. The summed E-state index contributed by atoms with van der Waals surface area (Å²) in [6.45, 7) is 1.76. The fourth-order valence-corrected chi connectivity index (χ4v) is 3.16. The topological polar surface area (TPSA) is 58.6 Å². The zero-order chi connectivity index (χ0) is 14.2. The summed E-state index contributed by atoms with van der Waals surface area (Å²) in [6, 6.07) is 7.41. The van der Waals surface area contributed by atoms with Crippen LogP contribution in [0.25, 0.3) is 0 Å². The number of carbonyl (C=O) groups is 2. The van der Waals surface area contributed by atoms with Gasteiger partial charge in [-0.15, -0.1) is 0 Å². The minimum absolute atomic E-state index is 0.0182. The first kappa shape index (κ1) is 13.4. The van der Waals surface area contributed by atoms with E-state index in [1.807, 2.05) is 29.2 Å². The van der Waals surface area contributed by atoms with Gasteiger partial charge in [0.1, 0.15) is 5.60 Å². The number of hydrogen-bond donors (Lipinski definition) is 1. The fraction of sp³-hybridized carbons (Fsp3) is 0.429. The van der Waals surface area contributed by atoms with Crippen LogP contribution < -0.4 is 5.32 Å². The molecule has 2 amide bonds. The van der Waals surface area contributed by atoms with Gasteiger partial charge in [0.2, 0.25) is 0 Å². The van der Waals surface area contributed by atoms with E-state index in [1.54, 1.807) is 0 Å². The van der Waals surface area contributed by atoms with E-state index in [2.05, 4.69) is 21.2 Å². The molecule has 0 saturated carbocycles. The lowest BCUT2D eigenvalue weighted by molar-refractivity contribution is 0.00329. The highest BCUT2D eigenvalue weighted by Gasteiger charge is 2.43. The Balaban J connectivity index is 1.68. The molecule has 5 nitrogen and oxygen atoms in total. The second-order valence-corrected chi connectivity index (χ2v) is 6.05. The van der Waals surface area contributed by atoms with Crippen molar-refractivity contribution in [2.75, 3.05) is 19.6 Å². The highest BCUT2D eigenvalue weighted by molar-refractivity contribution is 9.10. The first-order chi connectivity index (χ1) is 9.60. The second-order valence-electron chi connectivity index (χ2n) is 5.20. The van der Waals surface area contributed by atoms with Gasteiger partial charge in [0.05, 0.1) is 12.1 Å². The molecule has 1 aromatic rings. The normalized spacial score (nSPS) is 20.6. The van der Waals surface area contributed by atoms with Crippen LogP contribution >= 0.6 is 15.9 Å². The number of likely N-dealkylation sites (tertiary alicyclic amines) is 1. The minimum atomic E-state index is -0.415. The fourth-order valence-electron chi connectivity index (χ4n) is 2.70. The molecule has 2 aliphatic heterocycles. The van der Waals surface area contributed by atoms with E-state index < -0.39 is 5.60 Å². The molecule has 0 aromatic heterocycles. The summed E-state index contributed by atoms with van der Waals surface area (Å²) < 4.78 is 6.15. The Morgan fingerprint density at radius 2 is 2.00 bits per heavy atom. The molecular weight excluding hydrogens is 324 g/mol. The van der Waals surface area contributed by atoms with Gasteiger partial charge >= 0.3 is 6.09 Å². The third kappa shape index (κ3) is 2.40. The van der Waals surface area contributed by atoms with Crippen molar-refractivity contribution in [2.45, 2.75) is 18.4 Å². The maximum absolute atomic E-state index is 12.5. The third-order valence-corrected chi connectivity index (χ3v) is 4.62. The highest BCUT2D eigenvalue weighted by atomic mass is 79.9. The Hall–Kier alpha value is -1.56. The van der Waals surface area contributed by atoms with Crippen molar-refractivity contribution in [3.05, 3.63) is 34.3 Å². The van der Waals surface area contributed by atoms with Crippen LogP contribution in [0.3, 0.4) is 0 Å². The van der Waals surface area contributed by atoms with Gasteiger partial charge in [-0.25, -0.2) is 4.79 Å². The van der Waals surface area contributed by atoms with Crippen molar-refractivity contribution in [1.82, 2.24) is 10.2 Å². The molecule has 1 N–H and O–H groups in total. The van der Waals surface area contributed by atoms with Crippen molar-refractivity contribution in [3.63, 3.8) is 0 Å². The highest BCUT2D eigenvalue weighted by Crippen LogP contribution is 2.30. The number of halogens is 1. The molecule has 1 spiro atoms. The number of amides is 2. The van der Waals surface area contributed by atoms with Crippen LogP contribution in [0.5, 0.6) is 0 Å². The Bertz CT molecular complexity index is 553. The van der Waals surface area contributed by atoms with E-state index in [-0.39, 0.29) is 12.0 Å². The predicted molar refractivity (Wildman–Crippen MR) is 76.5 cm³/mol. The zero-order valence-electron chi connectivity index (χ0n) is 10.9. The molecule has 2 aliphatic rings. The SMILES string of the molecule is O=C1NCC2(CCN(C(=O)c3ccccc3Br)CC2)O1. The quantitative estimate of drug-likeness (QED) is 0.853. The van der Waals surface area contributed by atoms with Crippen LogP contribution in [0.1, 0.15) is 23.2 Å². The van der Waals surface area contributed by atoms with Crippen molar-refractivity contribution in [3.8, 4) is 0 Å². The van der Waals surface area contributed by atoms with Crippen LogP contribution in [0.15, 0.2) is 28.7 Å². The Morgan fingerprint density at radius 1 is 1.30 bits per heavy atom. The lowest BCUT2D eigenvalue weighted by Gasteiger charge is -2.37. The van der Waals surface area contributed by atoms with Gasteiger partial charge < -0.3 is 15.0 Å². The molecule has 3 rings (SSSR count). The summed E-state index contributed by atoms with van der Waals surface area (Å²) in [5.41, 5.74) is 0.256. The number of carbonyl (C=O) groups excluding carboxylic acids is 2. The van der Waals surface area contributed by atoms with Crippen molar-refractivity contribution in [1.29, 1.82) is 0 Å². The molecule has 20 heavy (non-hydrogen) atoms. The van der Waals surface area contributed by atoms with Crippen LogP contribution in [0.4, 0.5) is 4.79 Å². The van der Waals surface area contributed by atoms with Crippen molar-refractivity contribution < 1.29 is 14.3 Å². The molecular formula is C14H15BrN2O3. The summed E-state index contributed by atoms with van der Waals surface area (Å²) in [5, 5.41) is 2.69. The third-order valence-electron chi connectivity index (χ3n) is 3.93. The largest absolute Gasteiger partial charge is 0.441 e. The molecule has 2 fully saturated rings. The number of piperidine rings is 1. The number of nitrogens with zero attached hydrogens (tertiary/aromatic N) is 1. The van der Waals surface area contributed by atoms with E-state index >= 15 is 0 Å². The summed E-state index contributed by atoms with van der Waals surface area (Å²) in [7, 11) is 0. The van der Waals surface area contributed by atoms with Gasteiger partial charge in [-0.3, -0.25) is 4.79 Å². The number of benzene rings is 1. The lowest BCUT2D eigenvalue weighted by atomic mass is 9.91. The molecule has 2 saturated heterocycles. The first-order valence-electron chi connectivity index (χ1n) is 6.60. The van der Waals surface area contributed by atoms with Crippen LogP contribution in [0.2, 0.25) is 0 Å². The van der Waals surface area contributed by atoms with Gasteiger partial charge in [-0.2, -0.15) is 0 Å². The van der Waals surface area contributed by atoms with E-state index in [0.717, 1.165) is 4.47 Å². The average Bonchev–Trinajstić information content (AvgIpc) is 2.81. The van der Waals surface area contributed by atoms with E-state index in [0.29, 0.717) is 38.0 Å². The molecule has 1 aromatic carbocycles. The maximum Gasteiger partial charge on any atom is 0.407 e. The van der Waals surface area contributed by atoms with Gasteiger partial charge in [-0.05, 0) is 28.1 Å². The monoisotopic (exact) mass is 338 g/mol. The maximum atomic E-state index is 12.5. The molecule has 0 unspecified atom stereocenters. The summed E-state index contributed by atoms with van der Waals surface area (Å²) in [6.07, 6.45) is 1.01. The number of ether oxygens (including phenoxy) is 1. The molecule has 0 radical (unpaired) electrons. The molecule has 106 valence electrons. The van der Waals surface area contributed by atoms with Crippen molar-refractivity contribution >= 4 is 27.9 Å². The van der Waals surface area contributed by atoms with E-state index in [9.17, 15) is 9.59 Å². The lowest BCUT2D eigenvalue weighted by Crippen LogP contribution is -2.48. The van der Waals surface area contributed by atoms with Crippen LogP contribution in [-0.4, -0.2) is 42.1 Å². The van der Waals surface area contributed by atoms with Crippen LogP contribution in [0, 0.1) is 0 Å². The predicted octanol–water partition coefficient (Wildman–Crippen LogP) is 2.16. The first-order valence-corrected chi connectivity index (χ1v) is 7.40. The minimum Gasteiger partial charge on any atom is -0.441 e. The number of hydrogen-bond acceptors (Lipinski definition) is 3. The van der Waals surface area contributed by atoms with E-state index in [1.165, 1.54) is 0 Å². The van der Waals surface area contributed by atoms with Crippen LogP contribution in [-0.2, 0) is 4.74 Å². The van der Waals surface area contributed by atoms with Gasteiger partial charge in [0.25, 0.3) is 5.91 Å². The van der Waals surface area contributed by atoms with E-state index in [4.69, 9.17) is 4.74 Å². The Labute approximate surface area is 125 Å². The Kier molecular flexibility index (Phi) is 3.41. The number of alkyl carbamates (subject to hydrolysis) is 1. The smallest absolute Gasteiger partial charge is 0.407 e. The van der Waals surface area contributed by atoms with Gasteiger partial charge in [-0.1, -0.05) is 12.1 Å². The van der Waals surface area contributed by atoms with Crippen molar-refractivity contribution in [2.24, 2.45) is 0 Å². The molecule has 0 atom stereocenters. The molecule has 0 aliphatic carbocycles. The standard InChI is InChI=1S/C14H15BrN2O3/c15-11-4-2-1-3-10(11)12(18)17-7-5-14(6-8-17)9-16-13(19)20-14/h1-4H,5-9H2,(H,16,19). The molecule has 6 heteroatoms. The molecule has 2 heterocycles. The van der Waals surface area contributed by atoms with Gasteiger partial charge in [0, 0.05) is 30.4 Å². The Morgan fingerprint density at radius 3 is 2.60 bits per heavy atom. The second kappa shape index (κ2) is 5.09. The summed E-state index contributed by atoms with van der Waals surface area (Å²) in [4.78, 5) is 25.5. The number of rotatable bonds is 1. The zero-order valence-corrected chi connectivity index (χ0v) is 12.5. The number of nitrogens with one attached hydrogen (secondary N) is 1. The van der Waals surface area contributed by atoms with Gasteiger partial charge in [0.15, 0.2) is 0 Å².